The maximum absolute atomic E-state index is 2.51. The lowest BCUT2D eigenvalue weighted by molar-refractivity contribution is 0.186. The molecule has 2 aliphatic rings. The zero-order chi connectivity index (χ0) is 11.7. The van der Waals surface area contributed by atoms with Gasteiger partial charge in [-0.2, -0.15) is 0 Å². The fourth-order valence-corrected chi connectivity index (χ4v) is 4.59. The van der Waals surface area contributed by atoms with Gasteiger partial charge in [0.1, 0.15) is 0 Å². The molecule has 0 heteroatoms. The third kappa shape index (κ3) is 1.96. The van der Waals surface area contributed by atoms with Crippen LogP contribution >= 0.6 is 0 Å². The molecule has 0 aromatic rings. The van der Waals surface area contributed by atoms with Gasteiger partial charge in [0, 0.05) is 0 Å². The molecule has 0 aromatic carbocycles. The molecule has 5 unspecified atom stereocenters. The molecular weight excluding hydrogens is 192 g/mol. The number of allylic oxidation sites excluding steroid dienone is 2. The van der Waals surface area contributed by atoms with Crippen molar-refractivity contribution in [3.05, 3.63) is 11.6 Å². The summed E-state index contributed by atoms with van der Waals surface area (Å²) in [4.78, 5) is 0. The Balaban J connectivity index is 1.99. The molecular formula is C16H28. The van der Waals surface area contributed by atoms with E-state index in [0.717, 1.165) is 29.6 Å². The highest BCUT2D eigenvalue weighted by Crippen LogP contribution is 2.57. The molecule has 0 aromatic heterocycles. The van der Waals surface area contributed by atoms with E-state index >= 15 is 0 Å². The Morgan fingerprint density at radius 2 is 2.19 bits per heavy atom. The number of unbranched alkanes of at least 4 members (excludes halogenated alkanes) is 1. The molecule has 5 atom stereocenters. The molecule has 2 saturated carbocycles. The normalized spacial score (nSPS) is 41.9. The fourth-order valence-electron chi connectivity index (χ4n) is 4.59. The lowest BCUT2D eigenvalue weighted by Crippen LogP contribution is -2.27. The van der Waals surface area contributed by atoms with Crippen molar-refractivity contribution < 1.29 is 0 Å². The van der Waals surface area contributed by atoms with Crippen molar-refractivity contribution in [1.29, 1.82) is 0 Å². The van der Waals surface area contributed by atoms with Crippen LogP contribution in [0.25, 0.3) is 0 Å². The van der Waals surface area contributed by atoms with Gasteiger partial charge in [-0.3, -0.25) is 0 Å². The van der Waals surface area contributed by atoms with Gasteiger partial charge in [-0.1, -0.05) is 51.7 Å². The minimum absolute atomic E-state index is 0.948. The predicted octanol–water partition coefficient (Wildman–Crippen LogP) is 5.05. The summed E-state index contributed by atoms with van der Waals surface area (Å²) in [5, 5.41) is 0. The van der Waals surface area contributed by atoms with E-state index in [1.807, 2.05) is 0 Å². The smallest absolute Gasteiger partial charge is 0.0172 e. The van der Waals surface area contributed by atoms with E-state index < -0.39 is 0 Å². The predicted molar refractivity (Wildman–Crippen MR) is 71.3 cm³/mol. The van der Waals surface area contributed by atoms with Crippen LogP contribution in [0.2, 0.25) is 0 Å². The molecule has 2 aliphatic carbocycles. The van der Waals surface area contributed by atoms with Gasteiger partial charge in [0.25, 0.3) is 0 Å². The van der Waals surface area contributed by atoms with Crippen LogP contribution in [0.15, 0.2) is 11.6 Å². The van der Waals surface area contributed by atoms with E-state index in [1.54, 1.807) is 5.57 Å². The minimum atomic E-state index is 0.948. The summed E-state index contributed by atoms with van der Waals surface area (Å²) in [6, 6.07) is 0. The summed E-state index contributed by atoms with van der Waals surface area (Å²) in [6.45, 7) is 9.57. The molecule has 0 aliphatic heterocycles. The Morgan fingerprint density at radius 1 is 1.44 bits per heavy atom. The first-order valence-corrected chi connectivity index (χ1v) is 7.34. The number of fused-ring (bicyclic) bond motifs is 2. The van der Waals surface area contributed by atoms with E-state index in [4.69, 9.17) is 0 Å². The molecule has 0 saturated heterocycles. The lowest BCUT2D eigenvalue weighted by atomic mass is 9.71. The second-order valence-electron chi connectivity index (χ2n) is 6.23. The van der Waals surface area contributed by atoms with Gasteiger partial charge in [0.2, 0.25) is 0 Å². The van der Waals surface area contributed by atoms with Crippen LogP contribution in [0.4, 0.5) is 0 Å². The average molecular weight is 220 g/mol. The first-order chi connectivity index (χ1) is 7.69. The van der Waals surface area contributed by atoms with Crippen LogP contribution in [-0.2, 0) is 0 Å². The van der Waals surface area contributed by atoms with Crippen LogP contribution in [0, 0.1) is 29.6 Å². The lowest BCUT2D eigenvalue weighted by Gasteiger charge is -2.34. The van der Waals surface area contributed by atoms with Crippen molar-refractivity contribution in [2.75, 3.05) is 0 Å². The van der Waals surface area contributed by atoms with E-state index in [0.29, 0.717) is 0 Å². The molecule has 0 nitrogen and oxygen atoms in total. The van der Waals surface area contributed by atoms with E-state index in [1.165, 1.54) is 32.1 Å². The Kier molecular flexibility index (Phi) is 3.77. The van der Waals surface area contributed by atoms with Crippen LogP contribution in [0.3, 0.4) is 0 Å². The molecule has 2 bridgehead atoms. The van der Waals surface area contributed by atoms with Crippen molar-refractivity contribution in [1.82, 2.24) is 0 Å². The molecule has 16 heavy (non-hydrogen) atoms. The quantitative estimate of drug-likeness (QED) is 0.581. The molecule has 0 amide bonds. The molecule has 92 valence electrons. The Hall–Kier alpha value is -0.260. The number of hydrogen-bond donors (Lipinski definition) is 0. The molecule has 2 rings (SSSR count). The van der Waals surface area contributed by atoms with Crippen molar-refractivity contribution in [3.8, 4) is 0 Å². The van der Waals surface area contributed by atoms with Crippen LogP contribution in [0.5, 0.6) is 0 Å². The third-order valence-electron chi connectivity index (χ3n) is 5.36. The zero-order valence-electron chi connectivity index (χ0n) is 11.5. The van der Waals surface area contributed by atoms with Gasteiger partial charge in [0.15, 0.2) is 0 Å². The average Bonchev–Trinajstić information content (AvgIpc) is 2.82. The second-order valence-corrected chi connectivity index (χ2v) is 6.23. The minimum Gasteiger partial charge on any atom is -0.0882 e. The standard InChI is InChI=1S/C16H28/c1-5-7-8-11(3)16-12(4)15-10-14(16)9-13(15)6-2/h6,11-12,14-16H,5,7-10H2,1-4H3/b13-6-. The number of rotatable bonds is 4. The first kappa shape index (κ1) is 12.2. The maximum atomic E-state index is 2.51. The highest BCUT2D eigenvalue weighted by Gasteiger charge is 2.48. The van der Waals surface area contributed by atoms with Gasteiger partial charge < -0.3 is 0 Å². The van der Waals surface area contributed by atoms with Gasteiger partial charge in [-0.15, -0.1) is 0 Å². The SMILES string of the molecule is C/C=C1/CC2CC1C(C)C2C(C)CCCC. The molecule has 0 radical (unpaired) electrons. The molecule has 0 heterocycles. The van der Waals surface area contributed by atoms with Gasteiger partial charge in [-0.05, 0) is 49.4 Å². The Morgan fingerprint density at radius 3 is 2.75 bits per heavy atom. The van der Waals surface area contributed by atoms with Crippen molar-refractivity contribution in [2.45, 2.75) is 59.8 Å². The monoisotopic (exact) mass is 220 g/mol. The number of hydrogen-bond acceptors (Lipinski definition) is 0. The summed E-state index contributed by atoms with van der Waals surface area (Å²) >= 11 is 0. The third-order valence-corrected chi connectivity index (χ3v) is 5.36. The topological polar surface area (TPSA) is 0 Å². The van der Waals surface area contributed by atoms with Crippen LogP contribution in [0.1, 0.15) is 59.8 Å². The second kappa shape index (κ2) is 4.94. The van der Waals surface area contributed by atoms with Crippen LogP contribution < -0.4 is 0 Å². The highest BCUT2D eigenvalue weighted by molar-refractivity contribution is 5.19. The van der Waals surface area contributed by atoms with E-state index in [9.17, 15) is 0 Å². The summed E-state index contributed by atoms with van der Waals surface area (Å²) in [6.07, 6.45) is 9.57. The Labute approximate surface area is 102 Å². The van der Waals surface area contributed by atoms with Crippen molar-refractivity contribution >= 4 is 0 Å². The van der Waals surface area contributed by atoms with E-state index in [-0.39, 0.29) is 0 Å². The largest absolute Gasteiger partial charge is 0.0882 e. The van der Waals surface area contributed by atoms with E-state index in [2.05, 4.69) is 33.8 Å². The highest BCUT2D eigenvalue weighted by atomic mass is 14.5. The molecule has 2 fully saturated rings. The van der Waals surface area contributed by atoms with Gasteiger partial charge in [-0.25, -0.2) is 0 Å². The summed E-state index contributed by atoms with van der Waals surface area (Å²) in [7, 11) is 0. The first-order valence-electron chi connectivity index (χ1n) is 7.34. The summed E-state index contributed by atoms with van der Waals surface area (Å²) in [5.41, 5.74) is 1.77. The van der Waals surface area contributed by atoms with Crippen LogP contribution in [-0.4, -0.2) is 0 Å². The molecule has 0 spiro atoms. The fraction of sp³-hybridized carbons (Fsp3) is 0.875. The van der Waals surface area contributed by atoms with Crippen molar-refractivity contribution in [3.63, 3.8) is 0 Å². The Bertz CT molecular complexity index is 261. The summed E-state index contributed by atoms with van der Waals surface area (Å²) in [5.74, 6) is 4.92. The van der Waals surface area contributed by atoms with Gasteiger partial charge in [0.05, 0.1) is 0 Å². The van der Waals surface area contributed by atoms with Gasteiger partial charge >= 0.3 is 0 Å². The summed E-state index contributed by atoms with van der Waals surface area (Å²) < 4.78 is 0. The van der Waals surface area contributed by atoms with Crippen molar-refractivity contribution in [2.24, 2.45) is 29.6 Å². The zero-order valence-corrected chi connectivity index (χ0v) is 11.5. The maximum Gasteiger partial charge on any atom is -0.0172 e. The molecule has 0 N–H and O–H groups in total.